The number of halogens is 8. The predicted octanol–water partition coefficient (Wildman–Crippen LogP) is 5.13. The minimum absolute atomic E-state index is 0.580. The predicted molar refractivity (Wildman–Crippen MR) is 56.6 cm³/mol. The van der Waals surface area contributed by atoms with Crippen molar-refractivity contribution in [2.75, 3.05) is 0 Å². The van der Waals surface area contributed by atoms with E-state index in [0.29, 0.717) is 12.1 Å². The first kappa shape index (κ1) is 15.3. The van der Waals surface area contributed by atoms with E-state index in [4.69, 9.17) is 0 Å². The molecule has 0 radical (unpaired) electrons. The molecule has 0 atom stereocenters. The fraction of sp³-hybridized carbons (Fsp3) is 0.0769. The first-order valence-electron chi connectivity index (χ1n) is 5.35. The van der Waals surface area contributed by atoms with Crippen LogP contribution in [0.3, 0.4) is 0 Å². The quantitative estimate of drug-likeness (QED) is 0.410. The molecule has 0 unspecified atom stereocenters. The Bertz CT molecular complexity index is 679. The van der Waals surface area contributed by atoms with Crippen LogP contribution in [0.25, 0.3) is 11.1 Å². The molecule has 0 spiro atoms. The van der Waals surface area contributed by atoms with E-state index in [2.05, 4.69) is 0 Å². The van der Waals surface area contributed by atoms with Crippen LogP contribution in [0.5, 0.6) is 0 Å². The fourth-order valence-corrected chi connectivity index (χ4v) is 1.82. The molecule has 0 aromatic heterocycles. The molecule has 2 aromatic rings. The highest BCUT2D eigenvalue weighted by molar-refractivity contribution is 5.69. The second kappa shape index (κ2) is 5.34. The molecule has 2 rings (SSSR count). The number of hydrogen-bond acceptors (Lipinski definition) is 0. The van der Waals surface area contributed by atoms with Crippen LogP contribution >= 0.6 is 0 Å². The number of rotatable bonds is 2. The van der Waals surface area contributed by atoms with Crippen LogP contribution in [0.15, 0.2) is 18.2 Å². The molecule has 8 heteroatoms. The van der Waals surface area contributed by atoms with Gasteiger partial charge in [-0.25, -0.2) is 35.1 Å². The SMILES string of the molecule is Fc1cccc(-c2c(F)c(F)c(F)c(F)c2F)c1C(F)F. The van der Waals surface area contributed by atoms with Gasteiger partial charge in [-0.1, -0.05) is 12.1 Å². The highest BCUT2D eigenvalue weighted by Gasteiger charge is 2.30. The van der Waals surface area contributed by atoms with Crippen LogP contribution < -0.4 is 0 Å². The first-order valence-corrected chi connectivity index (χ1v) is 5.35. The Morgan fingerprint density at radius 3 is 1.62 bits per heavy atom. The van der Waals surface area contributed by atoms with Gasteiger partial charge in [-0.15, -0.1) is 0 Å². The summed E-state index contributed by atoms with van der Waals surface area (Å²) >= 11 is 0. The lowest BCUT2D eigenvalue weighted by molar-refractivity contribution is 0.147. The van der Waals surface area contributed by atoms with Gasteiger partial charge in [0.2, 0.25) is 5.82 Å². The van der Waals surface area contributed by atoms with Crippen LogP contribution in [0.2, 0.25) is 0 Å². The fourth-order valence-electron chi connectivity index (χ4n) is 1.82. The summed E-state index contributed by atoms with van der Waals surface area (Å²) in [5.74, 6) is -13.2. The van der Waals surface area contributed by atoms with Gasteiger partial charge in [0.05, 0.1) is 11.1 Å². The minimum Gasteiger partial charge on any atom is -0.206 e. The van der Waals surface area contributed by atoms with Gasteiger partial charge in [0.25, 0.3) is 6.43 Å². The lowest BCUT2D eigenvalue weighted by atomic mass is 9.97. The van der Waals surface area contributed by atoms with E-state index in [1.54, 1.807) is 0 Å². The Hall–Kier alpha value is -2.12. The third kappa shape index (κ3) is 2.34. The summed E-state index contributed by atoms with van der Waals surface area (Å²) in [5, 5.41) is 0. The van der Waals surface area contributed by atoms with Crippen molar-refractivity contribution >= 4 is 0 Å². The van der Waals surface area contributed by atoms with E-state index in [-0.39, 0.29) is 0 Å². The zero-order valence-electron chi connectivity index (χ0n) is 9.83. The number of alkyl halides is 2. The van der Waals surface area contributed by atoms with Crippen molar-refractivity contribution in [3.63, 3.8) is 0 Å². The summed E-state index contributed by atoms with van der Waals surface area (Å²) in [6, 6.07) is 2.04. The van der Waals surface area contributed by atoms with E-state index in [1.807, 2.05) is 0 Å². The van der Waals surface area contributed by atoms with Crippen LogP contribution in [0, 0.1) is 34.9 Å². The van der Waals surface area contributed by atoms with Gasteiger partial charge in [-0.2, -0.15) is 0 Å². The summed E-state index contributed by atoms with van der Waals surface area (Å²) in [5.41, 5.74) is -4.14. The van der Waals surface area contributed by atoms with Crippen molar-refractivity contribution in [1.29, 1.82) is 0 Å². The van der Waals surface area contributed by atoms with Gasteiger partial charge in [0.15, 0.2) is 23.3 Å². The largest absolute Gasteiger partial charge is 0.267 e. The van der Waals surface area contributed by atoms with Crippen molar-refractivity contribution < 1.29 is 35.1 Å². The summed E-state index contributed by atoms with van der Waals surface area (Å²) in [7, 11) is 0. The maximum atomic E-state index is 13.6. The standard InChI is InChI=1S/C13H4F8/c14-5-3-1-2-4(6(5)13(20)21)7-8(15)10(17)12(19)11(18)9(7)16/h1-3,13H. The first-order chi connectivity index (χ1) is 9.77. The van der Waals surface area contributed by atoms with Crippen LogP contribution in [0.4, 0.5) is 35.1 Å². The molecule has 0 heterocycles. The molecule has 21 heavy (non-hydrogen) atoms. The number of benzene rings is 2. The maximum Gasteiger partial charge on any atom is 0.267 e. The Kier molecular flexibility index (Phi) is 3.89. The van der Waals surface area contributed by atoms with Crippen LogP contribution in [-0.4, -0.2) is 0 Å². The molecule has 112 valence electrons. The van der Waals surface area contributed by atoms with Crippen molar-refractivity contribution in [1.82, 2.24) is 0 Å². The molecule has 0 amide bonds. The van der Waals surface area contributed by atoms with Crippen molar-refractivity contribution in [2.24, 2.45) is 0 Å². The van der Waals surface area contributed by atoms with Crippen molar-refractivity contribution in [2.45, 2.75) is 6.43 Å². The topological polar surface area (TPSA) is 0 Å². The maximum absolute atomic E-state index is 13.6. The molecule has 0 saturated heterocycles. The number of hydrogen-bond donors (Lipinski definition) is 0. The van der Waals surface area contributed by atoms with Gasteiger partial charge in [-0.05, 0) is 11.6 Å². The van der Waals surface area contributed by atoms with Crippen molar-refractivity contribution in [3.05, 3.63) is 58.7 Å². The van der Waals surface area contributed by atoms with E-state index in [9.17, 15) is 35.1 Å². The molecule has 2 aromatic carbocycles. The van der Waals surface area contributed by atoms with E-state index in [0.717, 1.165) is 6.07 Å². The second-order valence-electron chi connectivity index (χ2n) is 3.95. The van der Waals surface area contributed by atoms with Crippen LogP contribution in [0.1, 0.15) is 12.0 Å². The van der Waals surface area contributed by atoms with Crippen LogP contribution in [-0.2, 0) is 0 Å². The normalized spacial score (nSPS) is 11.3. The Morgan fingerprint density at radius 2 is 1.14 bits per heavy atom. The van der Waals surface area contributed by atoms with E-state index in [1.165, 1.54) is 0 Å². The molecule has 0 bridgehead atoms. The molecular formula is C13H4F8. The zero-order chi connectivity index (χ0) is 15.9. The molecule has 0 aliphatic heterocycles. The lowest BCUT2D eigenvalue weighted by Gasteiger charge is -2.13. The highest BCUT2D eigenvalue weighted by atomic mass is 19.3. The van der Waals surface area contributed by atoms with Gasteiger partial charge in [-0.3, -0.25) is 0 Å². The zero-order valence-corrected chi connectivity index (χ0v) is 9.83. The Balaban J connectivity index is 2.90. The van der Waals surface area contributed by atoms with Gasteiger partial charge in [0, 0.05) is 0 Å². The Labute approximate surface area is 112 Å². The van der Waals surface area contributed by atoms with E-state index >= 15 is 0 Å². The average Bonchev–Trinajstić information content (AvgIpc) is 2.43. The smallest absolute Gasteiger partial charge is 0.206 e. The molecule has 0 saturated carbocycles. The molecule has 0 aliphatic carbocycles. The monoisotopic (exact) mass is 312 g/mol. The molecular weight excluding hydrogens is 308 g/mol. The van der Waals surface area contributed by atoms with Gasteiger partial charge in [0.1, 0.15) is 5.82 Å². The summed E-state index contributed by atoms with van der Waals surface area (Å²) in [6.45, 7) is 0. The van der Waals surface area contributed by atoms with E-state index < -0.39 is 58.0 Å². The second-order valence-corrected chi connectivity index (χ2v) is 3.95. The molecule has 0 aliphatic rings. The molecule has 0 fully saturated rings. The van der Waals surface area contributed by atoms with Gasteiger partial charge < -0.3 is 0 Å². The minimum atomic E-state index is -3.50. The Morgan fingerprint density at radius 1 is 0.667 bits per heavy atom. The third-order valence-corrected chi connectivity index (χ3v) is 2.75. The molecule has 0 nitrogen and oxygen atoms in total. The lowest BCUT2D eigenvalue weighted by Crippen LogP contribution is -2.06. The van der Waals surface area contributed by atoms with Gasteiger partial charge >= 0.3 is 0 Å². The highest BCUT2D eigenvalue weighted by Crippen LogP contribution is 2.38. The molecule has 0 N–H and O–H groups in total. The van der Waals surface area contributed by atoms with Crippen molar-refractivity contribution in [3.8, 4) is 11.1 Å². The summed E-state index contributed by atoms with van der Waals surface area (Å²) < 4.78 is 105. The third-order valence-electron chi connectivity index (χ3n) is 2.75. The average molecular weight is 312 g/mol. The summed E-state index contributed by atoms with van der Waals surface area (Å²) in [4.78, 5) is 0. The summed E-state index contributed by atoms with van der Waals surface area (Å²) in [6.07, 6.45) is -3.50.